The molecule has 132 valence electrons. The highest BCUT2D eigenvalue weighted by Gasteiger charge is 2.21. The Labute approximate surface area is 147 Å². The highest BCUT2D eigenvalue weighted by atomic mass is 16.2. The average molecular weight is 341 g/mol. The molecule has 0 spiro atoms. The molecule has 0 saturated carbocycles. The van der Waals surface area contributed by atoms with Gasteiger partial charge in [0.2, 0.25) is 5.95 Å². The molecule has 2 aromatic heterocycles. The highest BCUT2D eigenvalue weighted by molar-refractivity contribution is 5.92. The van der Waals surface area contributed by atoms with Gasteiger partial charge in [0, 0.05) is 44.1 Å². The Bertz CT molecular complexity index is 704. The van der Waals surface area contributed by atoms with Crippen LogP contribution in [0.3, 0.4) is 0 Å². The fraction of sp³-hybridized carbons (Fsp3) is 0.471. The van der Waals surface area contributed by atoms with Crippen LogP contribution in [0.4, 0.5) is 11.8 Å². The van der Waals surface area contributed by atoms with Crippen molar-refractivity contribution in [2.75, 3.05) is 36.0 Å². The number of amides is 1. The van der Waals surface area contributed by atoms with Crippen LogP contribution in [0.2, 0.25) is 0 Å². The van der Waals surface area contributed by atoms with E-state index in [-0.39, 0.29) is 11.4 Å². The van der Waals surface area contributed by atoms with Gasteiger partial charge in [0.25, 0.3) is 5.91 Å². The van der Waals surface area contributed by atoms with Crippen LogP contribution in [0.1, 0.15) is 31.3 Å². The van der Waals surface area contributed by atoms with Crippen LogP contribution in [0.5, 0.6) is 0 Å². The van der Waals surface area contributed by atoms with Gasteiger partial charge in [-0.15, -0.1) is 10.2 Å². The lowest BCUT2D eigenvalue weighted by molar-refractivity contribution is 0.0913. The number of rotatable bonds is 3. The largest absolute Gasteiger partial charge is 0.352 e. The molecule has 0 atom stereocenters. The Morgan fingerprint density at radius 1 is 1.00 bits per heavy atom. The van der Waals surface area contributed by atoms with Crippen molar-refractivity contribution in [3.63, 3.8) is 0 Å². The maximum Gasteiger partial charge on any atom is 0.272 e. The van der Waals surface area contributed by atoms with Crippen LogP contribution in [0.25, 0.3) is 0 Å². The Kier molecular flexibility index (Phi) is 4.78. The molecule has 1 saturated heterocycles. The topological polar surface area (TPSA) is 87.1 Å². The molecule has 3 rings (SSSR count). The van der Waals surface area contributed by atoms with Gasteiger partial charge in [-0.25, -0.2) is 9.97 Å². The third-order valence-corrected chi connectivity index (χ3v) is 3.81. The van der Waals surface area contributed by atoms with E-state index in [1.54, 1.807) is 18.5 Å². The zero-order chi connectivity index (χ0) is 17.9. The molecule has 8 nitrogen and oxygen atoms in total. The molecule has 1 aliphatic rings. The monoisotopic (exact) mass is 341 g/mol. The highest BCUT2D eigenvalue weighted by Crippen LogP contribution is 2.15. The quantitative estimate of drug-likeness (QED) is 0.895. The van der Waals surface area contributed by atoms with Crippen molar-refractivity contribution >= 4 is 17.7 Å². The molecule has 2 aromatic rings. The molecule has 0 radical (unpaired) electrons. The van der Waals surface area contributed by atoms with Crippen LogP contribution in [0.15, 0.2) is 30.6 Å². The molecule has 8 heteroatoms. The van der Waals surface area contributed by atoms with Gasteiger partial charge in [0.05, 0.1) is 0 Å². The van der Waals surface area contributed by atoms with Gasteiger partial charge in [-0.1, -0.05) is 0 Å². The van der Waals surface area contributed by atoms with Gasteiger partial charge in [0.1, 0.15) is 0 Å². The van der Waals surface area contributed by atoms with Gasteiger partial charge in [-0.3, -0.25) is 4.79 Å². The maximum atomic E-state index is 12.1. The summed E-state index contributed by atoms with van der Waals surface area (Å²) in [6, 6.07) is 5.38. The van der Waals surface area contributed by atoms with Crippen LogP contribution in [-0.2, 0) is 0 Å². The van der Waals surface area contributed by atoms with E-state index in [0.717, 1.165) is 37.9 Å². The van der Waals surface area contributed by atoms with E-state index in [0.29, 0.717) is 5.69 Å². The summed E-state index contributed by atoms with van der Waals surface area (Å²) in [6.45, 7) is 9.05. The predicted molar refractivity (Wildman–Crippen MR) is 95.7 cm³/mol. The second kappa shape index (κ2) is 7.00. The van der Waals surface area contributed by atoms with Gasteiger partial charge in [-0.05, 0) is 39.0 Å². The predicted octanol–water partition coefficient (Wildman–Crippen LogP) is 1.12. The number of hydrogen-bond donors (Lipinski definition) is 1. The second-order valence-electron chi connectivity index (χ2n) is 7.00. The van der Waals surface area contributed by atoms with E-state index in [9.17, 15) is 4.79 Å². The lowest BCUT2D eigenvalue weighted by Gasteiger charge is -2.35. The number of aromatic nitrogens is 4. The number of nitrogens with zero attached hydrogens (tertiary/aromatic N) is 6. The molecule has 0 aliphatic carbocycles. The number of piperazine rings is 1. The first kappa shape index (κ1) is 17.1. The summed E-state index contributed by atoms with van der Waals surface area (Å²) >= 11 is 0. The number of carbonyl (C=O) groups is 1. The summed E-state index contributed by atoms with van der Waals surface area (Å²) < 4.78 is 0. The van der Waals surface area contributed by atoms with Gasteiger partial charge < -0.3 is 15.1 Å². The maximum absolute atomic E-state index is 12.1. The van der Waals surface area contributed by atoms with Crippen molar-refractivity contribution in [2.45, 2.75) is 26.3 Å². The standard InChI is InChI=1S/C17H23N7O/c1-17(2,3)20-15(25)13-5-6-14(22-21-13)23-9-11-24(12-10-23)16-18-7-4-8-19-16/h4-8H,9-12H2,1-3H3,(H,20,25). The molecular formula is C17H23N7O. The molecule has 1 N–H and O–H groups in total. The third-order valence-electron chi connectivity index (χ3n) is 3.81. The Morgan fingerprint density at radius 3 is 2.20 bits per heavy atom. The Balaban J connectivity index is 1.60. The van der Waals surface area contributed by atoms with Crippen LogP contribution < -0.4 is 15.1 Å². The van der Waals surface area contributed by atoms with Crippen LogP contribution in [0, 0.1) is 0 Å². The molecule has 3 heterocycles. The average Bonchev–Trinajstić information content (AvgIpc) is 2.61. The fourth-order valence-corrected chi connectivity index (χ4v) is 2.61. The lowest BCUT2D eigenvalue weighted by Crippen LogP contribution is -2.47. The van der Waals surface area contributed by atoms with Crippen molar-refractivity contribution in [1.29, 1.82) is 0 Å². The summed E-state index contributed by atoms with van der Waals surface area (Å²) in [4.78, 5) is 25.0. The van der Waals surface area contributed by atoms with E-state index in [1.165, 1.54) is 0 Å². The SMILES string of the molecule is CC(C)(C)NC(=O)c1ccc(N2CCN(c3ncccn3)CC2)nn1. The minimum Gasteiger partial charge on any atom is -0.352 e. The normalized spacial score (nSPS) is 15.2. The summed E-state index contributed by atoms with van der Waals surface area (Å²) in [6.07, 6.45) is 3.50. The smallest absolute Gasteiger partial charge is 0.272 e. The Hall–Kier alpha value is -2.77. The molecule has 1 amide bonds. The van der Waals surface area contributed by atoms with Crippen LogP contribution in [-0.4, -0.2) is 57.8 Å². The molecule has 0 aromatic carbocycles. The molecule has 0 bridgehead atoms. The zero-order valence-corrected chi connectivity index (χ0v) is 14.8. The first-order valence-electron chi connectivity index (χ1n) is 8.35. The summed E-state index contributed by atoms with van der Waals surface area (Å²) in [5.41, 5.74) is 0.0304. The molecule has 1 aliphatic heterocycles. The van der Waals surface area contributed by atoms with E-state index in [4.69, 9.17) is 0 Å². The van der Waals surface area contributed by atoms with Crippen molar-refractivity contribution in [2.24, 2.45) is 0 Å². The summed E-state index contributed by atoms with van der Waals surface area (Å²) in [5.74, 6) is 1.32. The van der Waals surface area contributed by atoms with E-state index >= 15 is 0 Å². The molecule has 0 unspecified atom stereocenters. The van der Waals surface area contributed by atoms with E-state index < -0.39 is 0 Å². The minimum atomic E-state index is -0.298. The molecule has 25 heavy (non-hydrogen) atoms. The number of anilines is 2. The molecule has 1 fully saturated rings. The van der Waals surface area contributed by atoms with E-state index in [1.807, 2.05) is 32.9 Å². The number of nitrogens with one attached hydrogen (secondary N) is 1. The first-order valence-corrected chi connectivity index (χ1v) is 8.35. The zero-order valence-electron chi connectivity index (χ0n) is 14.8. The minimum absolute atomic E-state index is 0.211. The van der Waals surface area contributed by atoms with Crippen molar-refractivity contribution < 1.29 is 4.79 Å². The third kappa shape index (κ3) is 4.40. The van der Waals surface area contributed by atoms with Gasteiger partial charge in [0.15, 0.2) is 11.5 Å². The fourth-order valence-electron chi connectivity index (χ4n) is 2.61. The Morgan fingerprint density at radius 2 is 1.64 bits per heavy atom. The van der Waals surface area contributed by atoms with E-state index in [2.05, 4.69) is 35.3 Å². The van der Waals surface area contributed by atoms with Crippen molar-refractivity contribution in [3.05, 3.63) is 36.3 Å². The first-order chi connectivity index (χ1) is 11.9. The second-order valence-corrected chi connectivity index (χ2v) is 7.00. The number of hydrogen-bond acceptors (Lipinski definition) is 7. The number of carbonyl (C=O) groups excluding carboxylic acids is 1. The van der Waals surface area contributed by atoms with Crippen molar-refractivity contribution in [1.82, 2.24) is 25.5 Å². The lowest BCUT2D eigenvalue weighted by atomic mass is 10.1. The summed E-state index contributed by atoms with van der Waals surface area (Å²) in [5, 5.41) is 11.2. The van der Waals surface area contributed by atoms with Crippen molar-refractivity contribution in [3.8, 4) is 0 Å². The van der Waals surface area contributed by atoms with Gasteiger partial charge >= 0.3 is 0 Å². The summed E-state index contributed by atoms with van der Waals surface area (Å²) in [7, 11) is 0. The van der Waals surface area contributed by atoms with Crippen LogP contribution >= 0.6 is 0 Å². The van der Waals surface area contributed by atoms with Gasteiger partial charge in [-0.2, -0.15) is 0 Å². The molecular weight excluding hydrogens is 318 g/mol.